The van der Waals surface area contributed by atoms with Gasteiger partial charge in [-0.2, -0.15) is 0 Å². The monoisotopic (exact) mass is 411 g/mol. The predicted molar refractivity (Wildman–Crippen MR) is 100 cm³/mol. The fraction of sp³-hybridized carbons (Fsp3) is 0.444. The van der Waals surface area contributed by atoms with Crippen LogP contribution in [-0.2, 0) is 14.4 Å². The first kappa shape index (κ1) is 19.6. The fourth-order valence-electron chi connectivity index (χ4n) is 3.55. The zero-order chi connectivity index (χ0) is 19.7. The van der Waals surface area contributed by atoms with Crippen LogP contribution in [0.25, 0.3) is 0 Å². The maximum Gasteiger partial charge on any atom is 0.334 e. The summed E-state index contributed by atoms with van der Waals surface area (Å²) in [4.78, 5) is 51.2. The van der Waals surface area contributed by atoms with Crippen molar-refractivity contribution < 1.29 is 19.2 Å². The summed E-state index contributed by atoms with van der Waals surface area (Å²) in [5.41, 5.74) is 0.373. The quantitative estimate of drug-likeness (QED) is 0.607. The summed E-state index contributed by atoms with van der Waals surface area (Å²) in [7, 11) is 0. The lowest BCUT2D eigenvalue weighted by Gasteiger charge is -2.34. The summed E-state index contributed by atoms with van der Waals surface area (Å²) < 4.78 is 0. The van der Waals surface area contributed by atoms with Gasteiger partial charge in [0.15, 0.2) is 0 Å². The molecule has 2 aliphatic rings. The Labute approximate surface area is 166 Å². The number of hydrogen-bond acceptors (Lipinski definition) is 4. The molecule has 27 heavy (non-hydrogen) atoms. The smallest absolute Gasteiger partial charge is 0.324 e. The Balaban J connectivity index is 1.70. The fourth-order valence-corrected chi connectivity index (χ4v) is 3.85. The van der Waals surface area contributed by atoms with E-state index in [4.69, 9.17) is 23.2 Å². The predicted octanol–water partition coefficient (Wildman–Crippen LogP) is 3.30. The van der Waals surface area contributed by atoms with Crippen molar-refractivity contribution >= 4 is 52.6 Å². The molecule has 1 heterocycles. The van der Waals surface area contributed by atoms with E-state index in [1.54, 1.807) is 6.07 Å². The van der Waals surface area contributed by atoms with Gasteiger partial charge in [0, 0.05) is 11.7 Å². The largest absolute Gasteiger partial charge is 0.334 e. The van der Waals surface area contributed by atoms with Gasteiger partial charge >= 0.3 is 17.8 Å². The summed E-state index contributed by atoms with van der Waals surface area (Å²) in [5.74, 6) is -2.31. The average molecular weight is 412 g/mol. The minimum Gasteiger partial charge on any atom is -0.324 e. The molecular weight excluding hydrogens is 393 g/mol. The lowest BCUT2D eigenvalue weighted by molar-refractivity contribution is -0.145. The SMILES string of the molecule is C[C@H]1CCCC[C@H]1N1C(=O)C(=O)N(CC(=O)Nc2ccc(Cl)c(Cl)c2)C1=O. The van der Waals surface area contributed by atoms with Crippen LogP contribution in [0.5, 0.6) is 0 Å². The molecule has 3 rings (SSSR count). The first-order chi connectivity index (χ1) is 12.8. The zero-order valence-electron chi connectivity index (χ0n) is 14.7. The number of carbonyl (C=O) groups excluding carboxylic acids is 4. The third kappa shape index (κ3) is 3.94. The van der Waals surface area contributed by atoms with Crippen molar-refractivity contribution in [3.63, 3.8) is 0 Å². The molecule has 144 valence electrons. The van der Waals surface area contributed by atoms with E-state index in [1.807, 2.05) is 6.92 Å². The lowest BCUT2D eigenvalue weighted by Crippen LogP contribution is -2.46. The van der Waals surface area contributed by atoms with Crippen molar-refractivity contribution in [2.75, 3.05) is 11.9 Å². The van der Waals surface area contributed by atoms with Gasteiger partial charge in [-0.05, 0) is 37.0 Å². The molecule has 2 fully saturated rings. The molecule has 1 N–H and O–H groups in total. The van der Waals surface area contributed by atoms with Crippen LogP contribution < -0.4 is 5.32 Å². The number of amides is 5. The Morgan fingerprint density at radius 3 is 2.48 bits per heavy atom. The summed E-state index contributed by atoms with van der Waals surface area (Å²) >= 11 is 11.7. The highest BCUT2D eigenvalue weighted by Gasteiger charge is 2.49. The van der Waals surface area contributed by atoms with Gasteiger partial charge in [0.05, 0.1) is 10.0 Å². The van der Waals surface area contributed by atoms with Crippen molar-refractivity contribution in [2.45, 2.75) is 38.6 Å². The number of rotatable bonds is 4. The van der Waals surface area contributed by atoms with Crippen LogP contribution in [-0.4, -0.2) is 46.1 Å². The number of urea groups is 1. The number of anilines is 1. The van der Waals surface area contributed by atoms with E-state index < -0.39 is 30.3 Å². The van der Waals surface area contributed by atoms with Crippen LogP contribution in [0.4, 0.5) is 10.5 Å². The van der Waals surface area contributed by atoms with Crippen LogP contribution in [0.3, 0.4) is 0 Å². The minimum atomic E-state index is -0.970. The van der Waals surface area contributed by atoms with Gasteiger partial charge in [-0.1, -0.05) is 43.0 Å². The highest BCUT2D eigenvalue weighted by Crippen LogP contribution is 2.31. The Bertz CT molecular complexity index is 814. The third-order valence-electron chi connectivity index (χ3n) is 4.99. The van der Waals surface area contributed by atoms with Crippen LogP contribution >= 0.6 is 23.2 Å². The van der Waals surface area contributed by atoms with E-state index in [2.05, 4.69) is 5.32 Å². The number of nitrogens with one attached hydrogen (secondary N) is 1. The third-order valence-corrected chi connectivity index (χ3v) is 5.73. The van der Waals surface area contributed by atoms with Gasteiger partial charge in [-0.15, -0.1) is 0 Å². The Kier molecular flexibility index (Phi) is 5.72. The van der Waals surface area contributed by atoms with E-state index in [1.165, 1.54) is 12.1 Å². The summed E-state index contributed by atoms with van der Waals surface area (Å²) in [6.45, 7) is 1.43. The maximum absolute atomic E-state index is 12.6. The molecule has 1 aliphatic heterocycles. The highest BCUT2D eigenvalue weighted by molar-refractivity contribution is 6.45. The first-order valence-corrected chi connectivity index (χ1v) is 9.49. The number of carbonyl (C=O) groups is 4. The number of benzene rings is 1. The van der Waals surface area contributed by atoms with Crippen LogP contribution in [0.15, 0.2) is 18.2 Å². The number of nitrogens with zero attached hydrogens (tertiary/aromatic N) is 2. The van der Waals surface area contributed by atoms with Crippen LogP contribution in [0, 0.1) is 5.92 Å². The van der Waals surface area contributed by atoms with Crippen molar-refractivity contribution in [1.29, 1.82) is 0 Å². The van der Waals surface area contributed by atoms with Crippen molar-refractivity contribution in [3.05, 3.63) is 28.2 Å². The van der Waals surface area contributed by atoms with Crippen molar-refractivity contribution in [3.8, 4) is 0 Å². The topological polar surface area (TPSA) is 86.8 Å². The van der Waals surface area contributed by atoms with Crippen molar-refractivity contribution in [1.82, 2.24) is 9.80 Å². The second-order valence-electron chi connectivity index (χ2n) is 6.86. The molecule has 1 aromatic rings. The Morgan fingerprint density at radius 2 is 1.81 bits per heavy atom. The Morgan fingerprint density at radius 1 is 1.11 bits per heavy atom. The molecular formula is C18H19Cl2N3O4. The molecule has 0 unspecified atom stereocenters. The van der Waals surface area contributed by atoms with Gasteiger partial charge in [0.2, 0.25) is 5.91 Å². The first-order valence-electron chi connectivity index (χ1n) is 8.73. The molecule has 0 radical (unpaired) electrons. The second-order valence-corrected chi connectivity index (χ2v) is 7.67. The standard InChI is InChI=1S/C18H19Cl2N3O4/c1-10-4-2-3-5-14(10)23-17(26)16(25)22(18(23)27)9-15(24)21-11-6-7-12(19)13(20)8-11/h6-8,10,14H,2-5,9H2,1H3,(H,21,24)/t10-,14+/m0/s1. The van der Waals surface area contributed by atoms with Gasteiger partial charge in [-0.3, -0.25) is 19.3 Å². The molecule has 7 nitrogen and oxygen atoms in total. The van der Waals surface area contributed by atoms with Crippen LogP contribution in [0.2, 0.25) is 10.0 Å². The van der Waals surface area contributed by atoms with E-state index in [9.17, 15) is 19.2 Å². The molecule has 9 heteroatoms. The minimum absolute atomic E-state index is 0.129. The summed E-state index contributed by atoms with van der Waals surface area (Å²) in [6.07, 6.45) is 3.51. The van der Waals surface area contributed by atoms with E-state index >= 15 is 0 Å². The van der Waals surface area contributed by atoms with Crippen LogP contribution in [0.1, 0.15) is 32.6 Å². The van der Waals surface area contributed by atoms with E-state index in [0.29, 0.717) is 22.0 Å². The van der Waals surface area contributed by atoms with Gasteiger partial charge in [0.25, 0.3) is 0 Å². The van der Waals surface area contributed by atoms with Gasteiger partial charge < -0.3 is 5.32 Å². The van der Waals surface area contributed by atoms with E-state index in [-0.39, 0.29) is 17.0 Å². The Hall–Kier alpha value is -2.12. The molecule has 0 aromatic heterocycles. The molecule has 2 atom stereocenters. The summed E-state index contributed by atoms with van der Waals surface area (Å²) in [5, 5.41) is 3.13. The number of imide groups is 2. The maximum atomic E-state index is 12.6. The molecule has 1 aromatic carbocycles. The molecule has 1 saturated heterocycles. The molecule has 5 amide bonds. The normalized spacial score (nSPS) is 23.1. The summed E-state index contributed by atoms with van der Waals surface area (Å²) in [6, 6.07) is 3.48. The number of hydrogen-bond donors (Lipinski definition) is 1. The van der Waals surface area contributed by atoms with E-state index in [0.717, 1.165) is 24.2 Å². The van der Waals surface area contributed by atoms with Gasteiger partial charge in [0.1, 0.15) is 6.54 Å². The molecule has 0 spiro atoms. The zero-order valence-corrected chi connectivity index (χ0v) is 16.2. The van der Waals surface area contributed by atoms with Crippen molar-refractivity contribution in [2.24, 2.45) is 5.92 Å². The lowest BCUT2D eigenvalue weighted by atomic mass is 9.85. The molecule has 1 aliphatic carbocycles. The molecule has 0 bridgehead atoms. The second kappa shape index (κ2) is 7.86. The average Bonchev–Trinajstić information content (AvgIpc) is 2.82. The number of halogens is 2. The van der Waals surface area contributed by atoms with Gasteiger partial charge in [-0.25, -0.2) is 9.69 Å². The molecule has 1 saturated carbocycles. The highest BCUT2D eigenvalue weighted by atomic mass is 35.5.